The van der Waals surface area contributed by atoms with E-state index in [9.17, 15) is 9.59 Å². The first-order valence-corrected chi connectivity index (χ1v) is 8.14. The van der Waals surface area contributed by atoms with Gasteiger partial charge in [0, 0.05) is 25.2 Å². The van der Waals surface area contributed by atoms with Crippen molar-refractivity contribution in [3.8, 4) is 0 Å². The van der Waals surface area contributed by atoms with Gasteiger partial charge in [-0.2, -0.15) is 0 Å². The Balaban J connectivity index is 1.90. The Hall–Kier alpha value is -2.70. The summed E-state index contributed by atoms with van der Waals surface area (Å²) < 4.78 is 1.71. The lowest BCUT2D eigenvalue weighted by Gasteiger charge is -2.13. The fourth-order valence-electron chi connectivity index (χ4n) is 2.12. The molecule has 0 aliphatic carbocycles. The highest BCUT2D eigenvalue weighted by Gasteiger charge is 2.15. The van der Waals surface area contributed by atoms with Gasteiger partial charge in [0.2, 0.25) is 5.91 Å². The third-order valence-electron chi connectivity index (χ3n) is 3.81. The Bertz CT molecular complexity index is 669. The van der Waals surface area contributed by atoms with Crippen molar-refractivity contribution in [2.45, 2.75) is 33.2 Å². The van der Waals surface area contributed by atoms with Crippen LogP contribution in [0.4, 0.5) is 5.69 Å². The van der Waals surface area contributed by atoms with E-state index in [2.05, 4.69) is 20.9 Å². The molecular formula is C17H23N5O2. The average Bonchev–Trinajstić information content (AvgIpc) is 3.11. The van der Waals surface area contributed by atoms with Crippen LogP contribution in [-0.2, 0) is 11.3 Å². The van der Waals surface area contributed by atoms with Gasteiger partial charge in [-0.15, -0.1) is 5.10 Å². The van der Waals surface area contributed by atoms with Crippen LogP contribution in [-0.4, -0.2) is 33.4 Å². The number of rotatable bonds is 8. The van der Waals surface area contributed by atoms with Crippen LogP contribution in [0.15, 0.2) is 36.7 Å². The van der Waals surface area contributed by atoms with Crippen molar-refractivity contribution in [2.24, 2.45) is 5.92 Å². The highest BCUT2D eigenvalue weighted by molar-refractivity contribution is 6.04. The van der Waals surface area contributed by atoms with E-state index < -0.39 is 0 Å². The Kier molecular flexibility index (Phi) is 6.48. The molecule has 2 amide bonds. The first-order valence-electron chi connectivity index (χ1n) is 8.14. The van der Waals surface area contributed by atoms with E-state index in [1.54, 1.807) is 41.3 Å². The number of nitrogens with zero attached hydrogens (tertiary/aromatic N) is 3. The van der Waals surface area contributed by atoms with Gasteiger partial charge in [0.05, 0.1) is 17.4 Å². The molecule has 0 fully saturated rings. The zero-order chi connectivity index (χ0) is 17.4. The normalized spacial score (nSPS) is 11.8. The molecule has 2 aromatic rings. The molecule has 1 heterocycles. The van der Waals surface area contributed by atoms with Crippen molar-refractivity contribution in [1.82, 2.24) is 20.3 Å². The Morgan fingerprint density at radius 3 is 2.79 bits per heavy atom. The van der Waals surface area contributed by atoms with E-state index in [1.807, 2.05) is 13.8 Å². The van der Waals surface area contributed by atoms with E-state index in [0.717, 1.165) is 12.8 Å². The fraction of sp³-hybridized carbons (Fsp3) is 0.412. The number of benzene rings is 1. The van der Waals surface area contributed by atoms with Crippen molar-refractivity contribution in [3.63, 3.8) is 0 Å². The molecule has 2 N–H and O–H groups in total. The quantitative estimate of drug-likeness (QED) is 0.726. The molecule has 1 aromatic carbocycles. The molecule has 24 heavy (non-hydrogen) atoms. The molecular weight excluding hydrogens is 306 g/mol. The number of amides is 2. The lowest BCUT2D eigenvalue weighted by molar-refractivity contribution is -0.119. The van der Waals surface area contributed by atoms with E-state index >= 15 is 0 Å². The van der Waals surface area contributed by atoms with Crippen LogP contribution in [0, 0.1) is 5.92 Å². The molecule has 0 radical (unpaired) electrons. The molecule has 2 rings (SSSR count). The Morgan fingerprint density at radius 1 is 1.29 bits per heavy atom. The summed E-state index contributed by atoms with van der Waals surface area (Å²) in [5.41, 5.74) is 1.01. The number of para-hydroxylation sites is 1. The van der Waals surface area contributed by atoms with Crippen LogP contribution >= 0.6 is 0 Å². The van der Waals surface area contributed by atoms with Crippen LogP contribution in [0.25, 0.3) is 0 Å². The molecule has 0 saturated heterocycles. The maximum Gasteiger partial charge on any atom is 0.253 e. The van der Waals surface area contributed by atoms with Crippen molar-refractivity contribution in [3.05, 3.63) is 42.2 Å². The highest BCUT2D eigenvalue weighted by Crippen LogP contribution is 2.16. The second-order valence-corrected chi connectivity index (χ2v) is 5.62. The second kappa shape index (κ2) is 8.81. The third kappa shape index (κ3) is 4.91. The SMILES string of the molecule is CCC(C)C(=O)Nc1ccccc1C(=O)NCCCn1ccnn1. The van der Waals surface area contributed by atoms with Crippen LogP contribution < -0.4 is 10.6 Å². The molecule has 7 nitrogen and oxygen atoms in total. The lowest BCUT2D eigenvalue weighted by atomic mass is 10.1. The van der Waals surface area contributed by atoms with Crippen molar-refractivity contribution in [1.29, 1.82) is 0 Å². The summed E-state index contributed by atoms with van der Waals surface area (Å²) in [7, 11) is 0. The van der Waals surface area contributed by atoms with Crippen LogP contribution in [0.5, 0.6) is 0 Å². The summed E-state index contributed by atoms with van der Waals surface area (Å²) in [5, 5.41) is 13.3. The van der Waals surface area contributed by atoms with E-state index in [0.29, 0.717) is 24.3 Å². The highest BCUT2D eigenvalue weighted by atomic mass is 16.2. The number of nitrogens with one attached hydrogen (secondary N) is 2. The monoisotopic (exact) mass is 329 g/mol. The topological polar surface area (TPSA) is 88.9 Å². The predicted molar refractivity (Wildman–Crippen MR) is 91.5 cm³/mol. The minimum Gasteiger partial charge on any atom is -0.352 e. The third-order valence-corrected chi connectivity index (χ3v) is 3.81. The molecule has 0 bridgehead atoms. The fourth-order valence-corrected chi connectivity index (χ4v) is 2.12. The summed E-state index contributed by atoms with van der Waals surface area (Å²) in [6.07, 6.45) is 4.90. The van der Waals surface area contributed by atoms with Gasteiger partial charge in [0.15, 0.2) is 0 Å². The van der Waals surface area contributed by atoms with Gasteiger partial charge in [-0.3, -0.25) is 14.3 Å². The van der Waals surface area contributed by atoms with Crippen LogP contribution in [0.1, 0.15) is 37.0 Å². The molecule has 128 valence electrons. The summed E-state index contributed by atoms with van der Waals surface area (Å²) in [6.45, 7) is 5.03. The van der Waals surface area contributed by atoms with E-state index in [-0.39, 0.29) is 17.7 Å². The Morgan fingerprint density at radius 2 is 2.08 bits per heavy atom. The molecule has 0 aliphatic rings. The number of hydrogen-bond acceptors (Lipinski definition) is 4. The first kappa shape index (κ1) is 17.7. The predicted octanol–water partition coefficient (Wildman–Crippen LogP) is 2.08. The van der Waals surface area contributed by atoms with Gasteiger partial charge in [0.25, 0.3) is 5.91 Å². The number of carbonyl (C=O) groups is 2. The molecule has 1 atom stereocenters. The maximum absolute atomic E-state index is 12.4. The average molecular weight is 329 g/mol. The number of aryl methyl sites for hydroxylation is 1. The molecule has 0 saturated carbocycles. The zero-order valence-corrected chi connectivity index (χ0v) is 14.0. The zero-order valence-electron chi connectivity index (χ0n) is 14.0. The molecule has 1 unspecified atom stereocenters. The van der Waals surface area contributed by atoms with Gasteiger partial charge in [0.1, 0.15) is 0 Å². The maximum atomic E-state index is 12.4. The summed E-state index contributed by atoms with van der Waals surface area (Å²) in [5.74, 6) is -0.374. The van der Waals surface area contributed by atoms with Crippen molar-refractivity contribution >= 4 is 17.5 Å². The van der Waals surface area contributed by atoms with Gasteiger partial charge >= 0.3 is 0 Å². The van der Waals surface area contributed by atoms with E-state index in [4.69, 9.17) is 0 Å². The number of aromatic nitrogens is 3. The van der Waals surface area contributed by atoms with Crippen LogP contribution in [0.2, 0.25) is 0 Å². The van der Waals surface area contributed by atoms with E-state index in [1.165, 1.54) is 0 Å². The molecule has 0 aliphatic heterocycles. The molecule has 1 aromatic heterocycles. The first-order chi connectivity index (χ1) is 11.6. The minimum atomic E-state index is -0.200. The molecule has 0 spiro atoms. The smallest absolute Gasteiger partial charge is 0.253 e. The van der Waals surface area contributed by atoms with Crippen molar-refractivity contribution < 1.29 is 9.59 Å². The lowest BCUT2D eigenvalue weighted by Crippen LogP contribution is -2.27. The van der Waals surface area contributed by atoms with Gasteiger partial charge in [-0.1, -0.05) is 31.2 Å². The van der Waals surface area contributed by atoms with Gasteiger partial charge in [-0.05, 0) is 25.0 Å². The van der Waals surface area contributed by atoms with Gasteiger partial charge in [-0.25, -0.2) is 0 Å². The minimum absolute atomic E-state index is 0.0797. The summed E-state index contributed by atoms with van der Waals surface area (Å²) in [4.78, 5) is 24.4. The number of carbonyl (C=O) groups excluding carboxylic acids is 2. The van der Waals surface area contributed by atoms with Crippen LogP contribution in [0.3, 0.4) is 0 Å². The second-order valence-electron chi connectivity index (χ2n) is 5.62. The van der Waals surface area contributed by atoms with Gasteiger partial charge < -0.3 is 10.6 Å². The summed E-state index contributed by atoms with van der Waals surface area (Å²) >= 11 is 0. The molecule has 7 heteroatoms. The number of anilines is 1. The van der Waals surface area contributed by atoms with Crippen molar-refractivity contribution in [2.75, 3.05) is 11.9 Å². The Labute approximate surface area is 141 Å². The largest absolute Gasteiger partial charge is 0.352 e. The standard InChI is InChI=1S/C17H23N5O2/c1-3-13(2)16(23)20-15-8-5-4-7-14(15)17(24)18-9-6-11-22-12-10-19-21-22/h4-5,7-8,10,12-13H,3,6,9,11H2,1-2H3,(H,18,24)(H,20,23). The summed E-state index contributed by atoms with van der Waals surface area (Å²) in [6, 6.07) is 7.03. The number of hydrogen-bond donors (Lipinski definition) is 2.